The van der Waals surface area contributed by atoms with E-state index in [0.29, 0.717) is 17.8 Å². The predicted molar refractivity (Wildman–Crippen MR) is 120 cm³/mol. The third kappa shape index (κ3) is 4.99. The van der Waals surface area contributed by atoms with Gasteiger partial charge in [-0.1, -0.05) is 58.4 Å². The number of carbonyl (C=O) groups is 2. The fourth-order valence-electron chi connectivity index (χ4n) is 3.28. The van der Waals surface area contributed by atoms with Gasteiger partial charge in [0.25, 0.3) is 0 Å². The maximum Gasteiger partial charge on any atom is 0.411 e. The molecule has 1 atom stereocenters. The first kappa shape index (κ1) is 20.0. The Hall–Kier alpha value is -3.32. The van der Waals surface area contributed by atoms with Gasteiger partial charge >= 0.3 is 6.09 Å². The fourth-order valence-corrected chi connectivity index (χ4v) is 3.70. The number of ether oxygens (including phenoxy) is 1. The Bertz CT molecular complexity index is 1070. The monoisotopic (exact) mass is 465 g/mol. The Balaban J connectivity index is 1.45. The Morgan fingerprint density at radius 2 is 1.87 bits per heavy atom. The molecule has 6 nitrogen and oxygen atoms in total. The molecule has 0 fully saturated rings. The Kier molecular flexibility index (Phi) is 5.99. The molecule has 30 heavy (non-hydrogen) atoms. The molecule has 1 unspecified atom stereocenters. The number of hydrogen-bond donors (Lipinski definition) is 3. The summed E-state index contributed by atoms with van der Waals surface area (Å²) >= 11 is 3.47. The lowest BCUT2D eigenvalue weighted by Gasteiger charge is -2.18. The Morgan fingerprint density at radius 1 is 1.03 bits per heavy atom. The number of benzene rings is 3. The van der Waals surface area contributed by atoms with Crippen molar-refractivity contribution in [2.24, 2.45) is 0 Å². The second-order valence-electron chi connectivity index (χ2n) is 6.95. The molecule has 3 aromatic carbocycles. The smallest absolute Gasteiger partial charge is 0.411 e. The molecule has 0 saturated carbocycles. The summed E-state index contributed by atoms with van der Waals surface area (Å²) in [7, 11) is 0. The molecule has 1 heterocycles. The van der Waals surface area contributed by atoms with Crippen molar-refractivity contribution in [2.45, 2.75) is 19.1 Å². The first-order valence-electron chi connectivity index (χ1n) is 9.50. The van der Waals surface area contributed by atoms with E-state index in [1.54, 1.807) is 12.1 Å². The number of nitrogens with one attached hydrogen (secondary N) is 3. The van der Waals surface area contributed by atoms with Crippen LogP contribution in [0.2, 0.25) is 0 Å². The van der Waals surface area contributed by atoms with Gasteiger partial charge in [0.05, 0.1) is 23.8 Å². The standard InChI is InChI=1S/C23H20BrN3O3/c24-17-8-4-7-16(11-17)20-13-22(28)27-21-12-18(9-10-19(21)26-20)25-23(29)30-14-15-5-2-1-3-6-15/h1-12,20,26H,13-14H2,(H,25,29)(H,27,28). The van der Waals surface area contributed by atoms with Crippen LogP contribution in [0, 0.1) is 0 Å². The van der Waals surface area contributed by atoms with Crippen LogP contribution >= 0.6 is 15.9 Å². The van der Waals surface area contributed by atoms with Gasteiger partial charge in [0.1, 0.15) is 6.61 Å². The summed E-state index contributed by atoms with van der Waals surface area (Å²) in [5.41, 5.74) is 3.85. The lowest BCUT2D eigenvalue weighted by atomic mass is 10.0. The first-order chi connectivity index (χ1) is 14.6. The first-order valence-corrected chi connectivity index (χ1v) is 10.3. The lowest BCUT2D eigenvalue weighted by Crippen LogP contribution is -2.15. The highest BCUT2D eigenvalue weighted by Crippen LogP contribution is 2.34. The van der Waals surface area contributed by atoms with E-state index in [-0.39, 0.29) is 18.6 Å². The van der Waals surface area contributed by atoms with E-state index in [4.69, 9.17) is 4.74 Å². The van der Waals surface area contributed by atoms with Gasteiger partial charge in [-0.15, -0.1) is 0 Å². The molecule has 7 heteroatoms. The summed E-state index contributed by atoms with van der Waals surface area (Å²) in [6.07, 6.45) is -0.258. The quantitative estimate of drug-likeness (QED) is 0.462. The minimum Gasteiger partial charge on any atom is -0.444 e. The van der Waals surface area contributed by atoms with Crippen molar-refractivity contribution in [3.05, 3.63) is 88.4 Å². The predicted octanol–water partition coefficient (Wildman–Crippen LogP) is 5.69. The number of halogens is 1. The van der Waals surface area contributed by atoms with Gasteiger partial charge in [-0.25, -0.2) is 4.79 Å². The molecule has 0 spiro atoms. The average Bonchev–Trinajstić information content (AvgIpc) is 2.91. The molecule has 3 aromatic rings. The zero-order chi connectivity index (χ0) is 20.9. The minimum atomic E-state index is -0.557. The van der Waals surface area contributed by atoms with Gasteiger partial charge in [0.2, 0.25) is 5.91 Å². The summed E-state index contributed by atoms with van der Waals surface area (Å²) in [6, 6.07) is 22.5. The summed E-state index contributed by atoms with van der Waals surface area (Å²) < 4.78 is 6.21. The molecular weight excluding hydrogens is 446 g/mol. The van der Waals surface area contributed by atoms with Crippen molar-refractivity contribution in [1.82, 2.24) is 0 Å². The van der Waals surface area contributed by atoms with Gasteiger partial charge < -0.3 is 15.4 Å². The number of anilines is 3. The van der Waals surface area contributed by atoms with Crippen LogP contribution in [0.3, 0.4) is 0 Å². The largest absolute Gasteiger partial charge is 0.444 e. The van der Waals surface area contributed by atoms with Crippen molar-refractivity contribution in [2.75, 3.05) is 16.0 Å². The van der Waals surface area contributed by atoms with Crippen molar-refractivity contribution in [3.63, 3.8) is 0 Å². The Labute approximate surface area is 182 Å². The average molecular weight is 466 g/mol. The zero-order valence-electron chi connectivity index (χ0n) is 16.0. The van der Waals surface area contributed by atoms with Crippen molar-refractivity contribution in [3.8, 4) is 0 Å². The normalized spacial score (nSPS) is 15.2. The van der Waals surface area contributed by atoms with Crippen LogP contribution in [0.4, 0.5) is 21.9 Å². The fraction of sp³-hybridized carbons (Fsp3) is 0.130. The van der Waals surface area contributed by atoms with Crippen LogP contribution in [0.1, 0.15) is 23.6 Å². The number of hydrogen-bond acceptors (Lipinski definition) is 4. The number of rotatable bonds is 4. The summed E-state index contributed by atoms with van der Waals surface area (Å²) in [5, 5.41) is 9.02. The van der Waals surface area contributed by atoms with E-state index in [0.717, 1.165) is 21.3 Å². The van der Waals surface area contributed by atoms with Gasteiger partial charge in [-0.05, 0) is 41.5 Å². The SMILES string of the molecule is O=C1CC(c2cccc(Br)c2)Nc2ccc(NC(=O)OCc3ccccc3)cc2N1. The summed E-state index contributed by atoms with van der Waals surface area (Å²) in [6.45, 7) is 0.185. The highest BCUT2D eigenvalue weighted by Gasteiger charge is 2.22. The van der Waals surface area contributed by atoms with Crippen LogP contribution in [-0.4, -0.2) is 12.0 Å². The van der Waals surface area contributed by atoms with E-state index >= 15 is 0 Å². The molecule has 2 amide bonds. The molecule has 0 bridgehead atoms. The molecule has 1 aliphatic rings. The second kappa shape index (κ2) is 9.00. The number of carbonyl (C=O) groups excluding carboxylic acids is 2. The lowest BCUT2D eigenvalue weighted by molar-refractivity contribution is -0.116. The molecule has 0 aliphatic carbocycles. The summed E-state index contributed by atoms with van der Waals surface area (Å²) in [5.74, 6) is -0.102. The van der Waals surface area contributed by atoms with Gasteiger partial charge in [-0.3, -0.25) is 10.1 Å². The summed E-state index contributed by atoms with van der Waals surface area (Å²) in [4.78, 5) is 24.5. The zero-order valence-corrected chi connectivity index (χ0v) is 17.6. The van der Waals surface area contributed by atoms with Crippen LogP contribution in [-0.2, 0) is 16.1 Å². The maximum absolute atomic E-state index is 12.4. The van der Waals surface area contributed by atoms with Gasteiger partial charge in [0, 0.05) is 10.2 Å². The minimum absolute atomic E-state index is 0.102. The van der Waals surface area contributed by atoms with E-state index < -0.39 is 6.09 Å². The van der Waals surface area contributed by atoms with E-state index in [1.807, 2.05) is 60.7 Å². The van der Waals surface area contributed by atoms with Crippen LogP contribution in [0.15, 0.2) is 77.3 Å². The molecular formula is C23H20BrN3O3. The molecule has 3 N–H and O–H groups in total. The molecule has 152 valence electrons. The van der Waals surface area contributed by atoms with E-state index in [9.17, 15) is 9.59 Å². The highest BCUT2D eigenvalue weighted by atomic mass is 79.9. The number of amides is 2. The topological polar surface area (TPSA) is 79.5 Å². The number of fused-ring (bicyclic) bond motifs is 1. The van der Waals surface area contributed by atoms with Crippen molar-refractivity contribution in [1.29, 1.82) is 0 Å². The van der Waals surface area contributed by atoms with Crippen LogP contribution in [0.5, 0.6) is 0 Å². The molecule has 1 aliphatic heterocycles. The van der Waals surface area contributed by atoms with E-state index in [1.165, 1.54) is 0 Å². The van der Waals surface area contributed by atoms with Gasteiger partial charge in [0.15, 0.2) is 0 Å². The van der Waals surface area contributed by atoms with Gasteiger partial charge in [-0.2, -0.15) is 0 Å². The van der Waals surface area contributed by atoms with Crippen LogP contribution < -0.4 is 16.0 Å². The second-order valence-corrected chi connectivity index (χ2v) is 7.87. The molecule has 4 rings (SSSR count). The Morgan fingerprint density at radius 3 is 2.67 bits per heavy atom. The molecule has 0 aromatic heterocycles. The van der Waals surface area contributed by atoms with Crippen molar-refractivity contribution >= 4 is 45.0 Å². The molecule has 0 saturated heterocycles. The van der Waals surface area contributed by atoms with Crippen LogP contribution in [0.25, 0.3) is 0 Å². The third-order valence-electron chi connectivity index (χ3n) is 4.72. The third-order valence-corrected chi connectivity index (χ3v) is 5.22. The van der Waals surface area contributed by atoms with E-state index in [2.05, 4.69) is 31.9 Å². The highest BCUT2D eigenvalue weighted by molar-refractivity contribution is 9.10. The maximum atomic E-state index is 12.4. The molecule has 0 radical (unpaired) electrons. The van der Waals surface area contributed by atoms with Crippen molar-refractivity contribution < 1.29 is 14.3 Å².